The number of carbonyl (C=O) groups excluding carboxylic acids is 3. The van der Waals surface area contributed by atoms with E-state index in [2.05, 4.69) is 10.4 Å². The van der Waals surface area contributed by atoms with E-state index >= 15 is 0 Å². The maximum absolute atomic E-state index is 14.2. The van der Waals surface area contributed by atoms with Gasteiger partial charge in [-0.2, -0.15) is 5.10 Å². The van der Waals surface area contributed by atoms with Gasteiger partial charge >= 0.3 is 0 Å². The van der Waals surface area contributed by atoms with Crippen molar-refractivity contribution in [3.8, 4) is 0 Å². The number of hydrazone groups is 1. The molecule has 1 N–H and O–H groups in total. The number of benzene rings is 4. The van der Waals surface area contributed by atoms with Gasteiger partial charge in [0.1, 0.15) is 6.04 Å². The number of halogens is 1. The topological polar surface area (TPSA) is 82.1 Å². The molecule has 8 heteroatoms. The molecule has 2 saturated heterocycles. The molecule has 3 heterocycles. The van der Waals surface area contributed by atoms with Crippen LogP contribution < -0.4 is 10.2 Å². The molecule has 3 amide bonds. The highest BCUT2D eigenvalue weighted by Gasteiger charge is 2.65. The summed E-state index contributed by atoms with van der Waals surface area (Å²) in [4.78, 5) is 43.3. The van der Waals surface area contributed by atoms with Gasteiger partial charge in [-0.25, -0.2) is 4.90 Å². The minimum absolute atomic E-state index is 0.319. The highest BCUT2D eigenvalue weighted by molar-refractivity contribution is 6.30. The Labute approximate surface area is 223 Å². The van der Waals surface area contributed by atoms with Crippen molar-refractivity contribution in [1.82, 2.24) is 5.01 Å². The Bertz CT molecular complexity index is 1660. The minimum Gasteiger partial charge on any atom is -0.324 e. The number of nitrogens with one attached hydrogen (secondary N) is 1. The van der Waals surface area contributed by atoms with Crippen LogP contribution in [0.5, 0.6) is 0 Å². The van der Waals surface area contributed by atoms with Crippen LogP contribution in [0.3, 0.4) is 0 Å². The summed E-state index contributed by atoms with van der Waals surface area (Å²) in [6.45, 7) is 0. The molecule has 0 bridgehead atoms. The fourth-order valence-electron chi connectivity index (χ4n) is 6.06. The molecule has 0 aromatic heterocycles. The summed E-state index contributed by atoms with van der Waals surface area (Å²) in [5.41, 5.74) is 2.82. The number of amides is 3. The van der Waals surface area contributed by atoms with Crippen LogP contribution in [0.15, 0.2) is 96.1 Å². The second-order valence-corrected chi connectivity index (χ2v) is 10.1. The molecule has 0 spiro atoms. The molecule has 4 aromatic rings. The molecule has 4 aromatic carbocycles. The number of nitrogens with zero attached hydrogens (tertiary/aromatic N) is 3. The van der Waals surface area contributed by atoms with Gasteiger partial charge in [0.25, 0.3) is 0 Å². The molecular formula is C30H21ClN4O3. The summed E-state index contributed by atoms with van der Waals surface area (Å²) in [6.07, 6.45) is 1.69. The quantitative estimate of drug-likeness (QED) is 0.385. The molecule has 7 rings (SSSR count). The van der Waals surface area contributed by atoms with Crippen molar-refractivity contribution >= 4 is 57.7 Å². The van der Waals surface area contributed by atoms with Crippen molar-refractivity contribution in [3.05, 3.63) is 107 Å². The lowest BCUT2D eigenvalue weighted by Crippen LogP contribution is -2.46. The standard InChI is InChI=1S/C30H21ClN4O3/c31-19-12-14-20(15-13-19)33-28(36)27-25-24(26-22-10-4-2-7-18(22)16-32-35(26)27)29(37)34(30(25)38)23-11-5-8-17-6-1-3-9-21(17)23/h1-16,24-27H,(H,33,36)/t24-,25+,26+,27-/m1/s1. The number of hydrogen-bond acceptors (Lipinski definition) is 5. The largest absolute Gasteiger partial charge is 0.324 e. The fraction of sp³-hybridized carbons (Fsp3) is 0.133. The molecule has 7 nitrogen and oxygen atoms in total. The summed E-state index contributed by atoms with van der Waals surface area (Å²) >= 11 is 6.01. The van der Waals surface area contributed by atoms with Gasteiger partial charge in [-0.05, 0) is 46.8 Å². The highest BCUT2D eigenvalue weighted by Crippen LogP contribution is 2.53. The summed E-state index contributed by atoms with van der Waals surface area (Å²) in [6, 6.07) is 26.1. The van der Waals surface area contributed by atoms with E-state index < -0.39 is 35.7 Å². The number of carbonyl (C=O) groups is 3. The van der Waals surface area contributed by atoms with E-state index in [1.807, 2.05) is 60.7 Å². The molecule has 186 valence electrons. The van der Waals surface area contributed by atoms with E-state index in [-0.39, 0.29) is 5.91 Å². The Morgan fingerprint density at radius 3 is 2.37 bits per heavy atom. The minimum atomic E-state index is -0.971. The van der Waals surface area contributed by atoms with Crippen LogP contribution in [0.2, 0.25) is 5.02 Å². The predicted molar refractivity (Wildman–Crippen MR) is 146 cm³/mol. The number of rotatable bonds is 3. The van der Waals surface area contributed by atoms with Gasteiger partial charge in [0, 0.05) is 16.1 Å². The molecule has 0 radical (unpaired) electrons. The summed E-state index contributed by atoms with van der Waals surface area (Å²) in [7, 11) is 0. The Morgan fingerprint density at radius 1 is 0.816 bits per heavy atom. The molecule has 0 saturated carbocycles. The van der Waals surface area contributed by atoms with Crippen molar-refractivity contribution in [2.45, 2.75) is 12.1 Å². The maximum Gasteiger partial charge on any atom is 0.249 e. The van der Waals surface area contributed by atoms with Crippen molar-refractivity contribution in [2.75, 3.05) is 10.2 Å². The van der Waals surface area contributed by atoms with Crippen molar-refractivity contribution in [1.29, 1.82) is 0 Å². The third-order valence-electron chi connectivity index (χ3n) is 7.68. The van der Waals surface area contributed by atoms with Crippen LogP contribution in [-0.4, -0.2) is 35.0 Å². The van der Waals surface area contributed by atoms with Gasteiger partial charge in [-0.1, -0.05) is 72.3 Å². The number of imide groups is 1. The normalized spacial score (nSPS) is 23.4. The zero-order valence-electron chi connectivity index (χ0n) is 20.0. The van der Waals surface area contributed by atoms with Crippen molar-refractivity contribution in [3.63, 3.8) is 0 Å². The molecule has 0 aliphatic carbocycles. The number of anilines is 2. The van der Waals surface area contributed by atoms with Gasteiger partial charge in [-0.15, -0.1) is 0 Å². The second kappa shape index (κ2) is 8.53. The van der Waals surface area contributed by atoms with E-state index in [0.717, 1.165) is 21.9 Å². The molecule has 3 aliphatic rings. The molecule has 3 aliphatic heterocycles. The average Bonchev–Trinajstić information content (AvgIpc) is 3.42. The van der Waals surface area contributed by atoms with Crippen molar-refractivity contribution in [2.24, 2.45) is 16.9 Å². The SMILES string of the molecule is O=C(Nc1ccc(Cl)cc1)[C@H]1[C@H]2C(=O)N(c3cccc4ccccc34)C(=O)[C@H]2[C@@H]2c3ccccc3C=NN12. The van der Waals surface area contributed by atoms with Crippen molar-refractivity contribution < 1.29 is 14.4 Å². The Morgan fingerprint density at radius 2 is 1.53 bits per heavy atom. The summed E-state index contributed by atoms with van der Waals surface area (Å²) in [5, 5.41) is 11.4. The van der Waals surface area contributed by atoms with Gasteiger partial charge in [0.15, 0.2) is 0 Å². The lowest BCUT2D eigenvalue weighted by molar-refractivity contribution is -0.129. The molecule has 38 heavy (non-hydrogen) atoms. The first-order valence-corrected chi connectivity index (χ1v) is 12.7. The van der Waals surface area contributed by atoms with E-state index in [9.17, 15) is 14.4 Å². The monoisotopic (exact) mass is 520 g/mol. The van der Waals surface area contributed by atoms with Gasteiger partial charge < -0.3 is 5.32 Å². The van der Waals surface area contributed by atoms with E-state index in [1.165, 1.54) is 4.90 Å². The van der Waals surface area contributed by atoms with Gasteiger partial charge in [-0.3, -0.25) is 19.4 Å². The average molecular weight is 521 g/mol. The fourth-order valence-corrected chi connectivity index (χ4v) is 6.18. The predicted octanol–water partition coefficient (Wildman–Crippen LogP) is 5.01. The molecular weight excluding hydrogens is 500 g/mol. The van der Waals surface area contributed by atoms with E-state index in [0.29, 0.717) is 16.4 Å². The zero-order valence-corrected chi connectivity index (χ0v) is 20.7. The number of fused-ring (bicyclic) bond motifs is 6. The lowest BCUT2D eigenvalue weighted by Gasteiger charge is -2.33. The Hall–Kier alpha value is -4.49. The highest BCUT2D eigenvalue weighted by atomic mass is 35.5. The van der Waals surface area contributed by atoms with Gasteiger partial charge in [0.2, 0.25) is 17.7 Å². The first kappa shape index (κ1) is 22.7. The van der Waals surface area contributed by atoms with E-state index in [4.69, 9.17) is 11.6 Å². The van der Waals surface area contributed by atoms with Crippen LogP contribution in [-0.2, 0) is 14.4 Å². The van der Waals surface area contributed by atoms with Crippen LogP contribution in [0.1, 0.15) is 17.2 Å². The Balaban J connectivity index is 1.35. The third-order valence-corrected chi connectivity index (χ3v) is 7.93. The Kier molecular flexibility index (Phi) is 5.09. The maximum atomic E-state index is 14.2. The third kappa shape index (κ3) is 3.28. The zero-order chi connectivity index (χ0) is 26.0. The molecule has 0 unspecified atom stereocenters. The molecule has 4 atom stereocenters. The number of hydrogen-bond donors (Lipinski definition) is 1. The smallest absolute Gasteiger partial charge is 0.249 e. The van der Waals surface area contributed by atoms with Crippen LogP contribution >= 0.6 is 11.6 Å². The van der Waals surface area contributed by atoms with Crippen LogP contribution in [0.25, 0.3) is 10.8 Å². The first-order valence-electron chi connectivity index (χ1n) is 12.4. The van der Waals surface area contributed by atoms with E-state index in [1.54, 1.807) is 41.6 Å². The van der Waals surface area contributed by atoms with Gasteiger partial charge in [0.05, 0.1) is 29.8 Å². The van der Waals surface area contributed by atoms with Crippen LogP contribution in [0.4, 0.5) is 11.4 Å². The van der Waals surface area contributed by atoms with Crippen LogP contribution in [0, 0.1) is 11.8 Å². The second-order valence-electron chi connectivity index (χ2n) is 9.70. The first-order chi connectivity index (χ1) is 18.5. The summed E-state index contributed by atoms with van der Waals surface area (Å²) < 4.78 is 0. The molecule has 2 fully saturated rings. The summed E-state index contributed by atoms with van der Waals surface area (Å²) in [5.74, 6) is -2.78. The lowest BCUT2D eigenvalue weighted by atomic mass is 9.85.